The van der Waals surface area contributed by atoms with Crippen LogP contribution in [-0.4, -0.2) is 32.8 Å². The van der Waals surface area contributed by atoms with Gasteiger partial charge in [-0.05, 0) is 41.4 Å². The average molecular weight is 414 g/mol. The van der Waals surface area contributed by atoms with Crippen LogP contribution in [0, 0.1) is 0 Å². The van der Waals surface area contributed by atoms with Gasteiger partial charge in [0.15, 0.2) is 0 Å². The highest BCUT2D eigenvalue weighted by atomic mass is 35.5. The van der Waals surface area contributed by atoms with Crippen LogP contribution < -0.4 is 4.13 Å². The fourth-order valence-corrected chi connectivity index (χ4v) is 3.92. The van der Waals surface area contributed by atoms with Crippen molar-refractivity contribution in [3.05, 3.63) is 29.3 Å². The van der Waals surface area contributed by atoms with Crippen molar-refractivity contribution in [2.45, 2.75) is 10.4 Å². The monoisotopic (exact) mass is 413 g/mol. The maximum absolute atomic E-state index is 12.2. The van der Waals surface area contributed by atoms with Crippen LogP contribution in [0.15, 0.2) is 23.1 Å². The number of sulfonamides is 2. The highest BCUT2D eigenvalue weighted by Crippen LogP contribution is 2.25. The van der Waals surface area contributed by atoms with Crippen LogP contribution in [0.1, 0.15) is 20.7 Å². The van der Waals surface area contributed by atoms with Gasteiger partial charge in [0.2, 0.25) is 0 Å². The van der Waals surface area contributed by atoms with E-state index in [4.69, 9.17) is 23.2 Å². The Morgan fingerprint density at radius 2 is 1.30 bits per heavy atom. The minimum atomic E-state index is -6.24. The fourth-order valence-electron chi connectivity index (χ4n) is 1.22. The van der Waals surface area contributed by atoms with E-state index in [2.05, 4.69) is 0 Å². The molecule has 1 N–H and O–H groups in total. The molecule has 0 heterocycles. The molecule has 0 radical (unpaired) electrons. The Bertz CT molecular complexity index is 847. The molecule has 0 fully saturated rings. The molecule has 0 spiro atoms. The molecule has 0 aliphatic carbocycles. The smallest absolute Gasteiger partial charge is 0.276 e. The summed E-state index contributed by atoms with van der Waals surface area (Å²) in [6.45, 7) is 0. The first kappa shape index (κ1) is 19.8. The molecule has 7 nitrogen and oxygen atoms in total. The lowest BCUT2D eigenvalue weighted by Crippen LogP contribution is -2.40. The summed E-state index contributed by atoms with van der Waals surface area (Å²) in [6, 6.07) is 1.74. The maximum Gasteiger partial charge on any atom is 0.512 e. The molecule has 0 atom stereocenters. The Morgan fingerprint density at radius 1 is 0.913 bits per heavy atom. The SMILES string of the molecule is O=C(Cl)c1cc(C(=O)Cl)cc(S(=O)(=O)NS(=O)(=O)C(F)(F)F)c1. The first-order valence-electron chi connectivity index (χ1n) is 5.07. The molecule has 128 valence electrons. The molecule has 0 saturated carbocycles. The standard InChI is InChI=1S/C9H4Cl2F3NO6S2/c10-7(16)4-1-5(8(11)17)3-6(2-4)22(18,19)15-23(20,21)9(12,13)14/h1-3,15H. The van der Waals surface area contributed by atoms with Crippen LogP contribution in [0.5, 0.6) is 0 Å². The van der Waals surface area contributed by atoms with Gasteiger partial charge in [0.05, 0.1) is 4.90 Å². The van der Waals surface area contributed by atoms with Crippen LogP contribution in [0.3, 0.4) is 0 Å². The number of nitrogens with one attached hydrogen (secondary N) is 1. The minimum Gasteiger partial charge on any atom is -0.276 e. The van der Waals surface area contributed by atoms with Gasteiger partial charge in [0, 0.05) is 11.1 Å². The van der Waals surface area contributed by atoms with E-state index in [1.54, 1.807) is 0 Å². The number of alkyl halides is 3. The zero-order valence-corrected chi connectivity index (χ0v) is 13.5. The third-order valence-electron chi connectivity index (χ3n) is 2.19. The summed E-state index contributed by atoms with van der Waals surface area (Å²) in [7, 11) is -11.5. The highest BCUT2D eigenvalue weighted by Gasteiger charge is 2.48. The van der Waals surface area contributed by atoms with E-state index in [1.807, 2.05) is 0 Å². The number of carbonyl (C=O) groups excluding carboxylic acids is 2. The molecule has 0 aliphatic heterocycles. The van der Waals surface area contributed by atoms with Gasteiger partial charge >= 0.3 is 15.5 Å². The second kappa shape index (κ2) is 6.36. The predicted molar refractivity (Wildman–Crippen MR) is 72.1 cm³/mol. The molecule has 0 aliphatic rings. The van der Waals surface area contributed by atoms with Crippen molar-refractivity contribution >= 4 is 53.7 Å². The summed E-state index contributed by atoms with van der Waals surface area (Å²) in [5.41, 5.74) is -7.09. The lowest BCUT2D eigenvalue weighted by atomic mass is 10.1. The van der Waals surface area contributed by atoms with Gasteiger partial charge in [-0.2, -0.15) is 13.2 Å². The van der Waals surface area contributed by atoms with E-state index in [0.717, 1.165) is 6.07 Å². The first-order chi connectivity index (χ1) is 10.2. The summed E-state index contributed by atoms with van der Waals surface area (Å²) < 4.78 is 82.4. The van der Waals surface area contributed by atoms with Crippen LogP contribution >= 0.6 is 23.2 Å². The second-order valence-corrected chi connectivity index (χ2v) is 8.13. The number of benzene rings is 1. The maximum atomic E-state index is 12.2. The van der Waals surface area contributed by atoms with Crippen molar-refractivity contribution in [3.8, 4) is 0 Å². The van der Waals surface area contributed by atoms with E-state index in [-0.39, 0.29) is 0 Å². The van der Waals surface area contributed by atoms with Gasteiger partial charge in [-0.15, -0.1) is 0 Å². The molecule has 0 aromatic heterocycles. The Hall–Kier alpha value is -1.21. The summed E-state index contributed by atoms with van der Waals surface area (Å²) in [4.78, 5) is 21.0. The Morgan fingerprint density at radius 3 is 1.61 bits per heavy atom. The lowest BCUT2D eigenvalue weighted by Gasteiger charge is -2.11. The van der Waals surface area contributed by atoms with E-state index >= 15 is 0 Å². The molecule has 0 bridgehead atoms. The molecule has 0 amide bonds. The fraction of sp³-hybridized carbons (Fsp3) is 0.111. The molecule has 1 rings (SSSR count). The molecule has 1 aromatic rings. The van der Waals surface area contributed by atoms with E-state index in [1.165, 1.54) is 0 Å². The molecule has 0 unspecified atom stereocenters. The molecule has 14 heteroatoms. The highest BCUT2D eigenvalue weighted by molar-refractivity contribution is 8.05. The lowest BCUT2D eigenvalue weighted by molar-refractivity contribution is -0.0441. The van der Waals surface area contributed by atoms with Crippen LogP contribution in [0.25, 0.3) is 0 Å². The molecular formula is C9H4Cl2F3NO6S2. The number of rotatable bonds is 5. The van der Waals surface area contributed by atoms with Crippen LogP contribution in [0.4, 0.5) is 13.2 Å². The van der Waals surface area contributed by atoms with Crippen LogP contribution in [-0.2, 0) is 20.0 Å². The summed E-state index contributed by atoms with van der Waals surface area (Å²) in [5.74, 6) is 0. The van der Waals surface area contributed by atoms with Crippen LogP contribution in [0.2, 0.25) is 0 Å². The first-order valence-corrected chi connectivity index (χ1v) is 8.79. The zero-order valence-electron chi connectivity index (χ0n) is 10.4. The zero-order chi connectivity index (χ0) is 18.2. The van der Waals surface area contributed by atoms with Gasteiger partial charge < -0.3 is 0 Å². The number of hydrogen-bond donors (Lipinski definition) is 1. The number of hydrogen-bond acceptors (Lipinski definition) is 6. The number of halogens is 5. The topological polar surface area (TPSA) is 114 Å². The summed E-state index contributed by atoms with van der Waals surface area (Å²) in [5, 5.41) is -2.50. The Kier molecular flexibility index (Phi) is 5.48. The molecule has 1 aromatic carbocycles. The van der Waals surface area contributed by atoms with Gasteiger partial charge in [0.1, 0.15) is 0 Å². The van der Waals surface area contributed by atoms with E-state index < -0.39 is 52.1 Å². The predicted octanol–water partition coefficient (Wildman–Crippen LogP) is 1.57. The average Bonchev–Trinajstić information content (AvgIpc) is 2.35. The van der Waals surface area contributed by atoms with Crippen molar-refractivity contribution in [2.75, 3.05) is 0 Å². The van der Waals surface area contributed by atoms with Gasteiger partial charge in [-0.25, -0.2) is 16.8 Å². The van der Waals surface area contributed by atoms with E-state index in [9.17, 15) is 39.6 Å². The third kappa shape index (κ3) is 4.64. The quantitative estimate of drug-likeness (QED) is 0.732. The third-order valence-corrected chi connectivity index (χ3v) is 5.85. The summed E-state index contributed by atoms with van der Waals surface area (Å²) >= 11 is 10.2. The Labute approximate surface area is 137 Å². The molecule has 23 heavy (non-hydrogen) atoms. The van der Waals surface area contributed by atoms with Crippen molar-refractivity contribution < 1.29 is 39.6 Å². The van der Waals surface area contributed by atoms with E-state index in [0.29, 0.717) is 16.3 Å². The minimum absolute atomic E-state index is 0.432. The van der Waals surface area contributed by atoms with Gasteiger partial charge in [0.25, 0.3) is 20.5 Å². The van der Waals surface area contributed by atoms with Crippen molar-refractivity contribution in [1.29, 1.82) is 0 Å². The second-order valence-electron chi connectivity index (χ2n) is 3.83. The normalized spacial score (nSPS) is 12.9. The number of carbonyl (C=O) groups is 2. The molecule has 0 saturated heterocycles. The van der Waals surface area contributed by atoms with Crippen molar-refractivity contribution in [2.24, 2.45) is 0 Å². The van der Waals surface area contributed by atoms with Gasteiger partial charge in [-0.3, -0.25) is 9.59 Å². The molecular weight excluding hydrogens is 410 g/mol. The van der Waals surface area contributed by atoms with Gasteiger partial charge in [-0.1, -0.05) is 4.13 Å². The van der Waals surface area contributed by atoms with Crippen molar-refractivity contribution in [3.63, 3.8) is 0 Å². The Balaban J connectivity index is 3.51. The van der Waals surface area contributed by atoms with Crippen molar-refractivity contribution in [1.82, 2.24) is 4.13 Å². The largest absolute Gasteiger partial charge is 0.512 e. The summed E-state index contributed by atoms with van der Waals surface area (Å²) in [6.07, 6.45) is 0.